The van der Waals surface area contributed by atoms with Crippen LogP contribution in [-0.2, 0) is 18.3 Å². The lowest BCUT2D eigenvalue weighted by molar-refractivity contribution is 0.198. The standard InChI is InChI=1S/C12H26NO4P/c1-5-7-9-16-18(14,17-10-8-6-2)13-11-15-12(3)4/h11-12H,5-10H2,1-4H3/b13-11+. The van der Waals surface area contributed by atoms with E-state index in [-0.39, 0.29) is 6.10 Å². The molecule has 0 amide bonds. The molecule has 0 spiro atoms. The molecule has 0 fully saturated rings. The Balaban J connectivity index is 4.29. The van der Waals surface area contributed by atoms with Gasteiger partial charge in [0.2, 0.25) is 0 Å². The Morgan fingerprint density at radius 3 is 2.00 bits per heavy atom. The highest BCUT2D eigenvalue weighted by Gasteiger charge is 2.23. The van der Waals surface area contributed by atoms with Crippen molar-refractivity contribution in [1.82, 2.24) is 0 Å². The number of hydrogen-bond donors (Lipinski definition) is 0. The fraction of sp³-hybridized carbons (Fsp3) is 0.917. The number of nitrogens with zero attached hydrogens (tertiary/aromatic N) is 1. The second kappa shape index (κ2) is 10.5. The van der Waals surface area contributed by atoms with Gasteiger partial charge in [-0.05, 0) is 26.7 Å². The first kappa shape index (κ1) is 17.6. The zero-order valence-electron chi connectivity index (χ0n) is 11.9. The summed E-state index contributed by atoms with van der Waals surface area (Å²) in [6.45, 7) is 8.59. The van der Waals surface area contributed by atoms with Gasteiger partial charge in [-0.3, -0.25) is 9.05 Å². The molecule has 18 heavy (non-hydrogen) atoms. The average Bonchev–Trinajstić information content (AvgIpc) is 2.29. The highest BCUT2D eigenvalue weighted by atomic mass is 31.2. The maximum absolute atomic E-state index is 12.2. The van der Waals surface area contributed by atoms with Crippen LogP contribution in [0.1, 0.15) is 53.4 Å². The van der Waals surface area contributed by atoms with E-state index in [1.165, 1.54) is 6.40 Å². The van der Waals surface area contributed by atoms with Crippen molar-refractivity contribution in [1.29, 1.82) is 0 Å². The van der Waals surface area contributed by atoms with E-state index in [1.807, 2.05) is 27.7 Å². The number of hydrogen-bond acceptors (Lipinski definition) is 4. The first-order chi connectivity index (χ1) is 8.54. The van der Waals surface area contributed by atoms with Gasteiger partial charge >= 0.3 is 7.75 Å². The van der Waals surface area contributed by atoms with Crippen LogP contribution < -0.4 is 0 Å². The monoisotopic (exact) mass is 279 g/mol. The van der Waals surface area contributed by atoms with Crippen LogP contribution in [0.2, 0.25) is 0 Å². The van der Waals surface area contributed by atoms with Crippen molar-refractivity contribution >= 4 is 14.1 Å². The molecule has 0 heterocycles. The van der Waals surface area contributed by atoms with E-state index in [9.17, 15) is 4.57 Å². The van der Waals surface area contributed by atoms with Crippen LogP contribution in [0.5, 0.6) is 0 Å². The smallest absolute Gasteiger partial charge is 0.456 e. The van der Waals surface area contributed by atoms with Crippen LogP contribution in [0.3, 0.4) is 0 Å². The van der Waals surface area contributed by atoms with Gasteiger partial charge in [0.25, 0.3) is 0 Å². The summed E-state index contributed by atoms with van der Waals surface area (Å²) < 4.78 is 31.7. The number of ether oxygens (including phenoxy) is 1. The lowest BCUT2D eigenvalue weighted by Gasteiger charge is -2.13. The number of rotatable bonds is 11. The summed E-state index contributed by atoms with van der Waals surface area (Å²) in [5, 5.41) is 0. The summed E-state index contributed by atoms with van der Waals surface area (Å²) in [4.78, 5) is 0. The van der Waals surface area contributed by atoms with E-state index in [2.05, 4.69) is 4.76 Å². The Morgan fingerprint density at radius 2 is 1.61 bits per heavy atom. The predicted molar refractivity (Wildman–Crippen MR) is 74.0 cm³/mol. The highest BCUT2D eigenvalue weighted by Crippen LogP contribution is 2.49. The van der Waals surface area contributed by atoms with Gasteiger partial charge in [0.1, 0.15) is 0 Å². The Hall–Kier alpha value is -0.380. The van der Waals surface area contributed by atoms with Gasteiger partial charge in [-0.2, -0.15) is 0 Å². The van der Waals surface area contributed by atoms with E-state index in [0.29, 0.717) is 13.2 Å². The second-order valence-corrected chi connectivity index (χ2v) is 5.93. The molecule has 5 nitrogen and oxygen atoms in total. The summed E-state index contributed by atoms with van der Waals surface area (Å²) >= 11 is 0. The molecule has 0 bridgehead atoms. The van der Waals surface area contributed by atoms with Gasteiger partial charge in [0.15, 0.2) is 6.40 Å². The Morgan fingerprint density at radius 1 is 1.11 bits per heavy atom. The maximum Gasteiger partial charge on any atom is 0.456 e. The summed E-state index contributed by atoms with van der Waals surface area (Å²) in [6.07, 6.45) is 4.78. The van der Waals surface area contributed by atoms with Crippen molar-refractivity contribution in [3.05, 3.63) is 0 Å². The predicted octanol–water partition coefficient (Wildman–Crippen LogP) is 4.18. The largest absolute Gasteiger partial charge is 0.480 e. The third-order valence-electron chi connectivity index (χ3n) is 2.03. The van der Waals surface area contributed by atoms with Crippen LogP contribution in [0.25, 0.3) is 0 Å². The molecule has 0 aromatic rings. The van der Waals surface area contributed by atoms with Gasteiger partial charge in [0.05, 0.1) is 19.3 Å². The normalized spacial score (nSPS) is 12.5. The van der Waals surface area contributed by atoms with E-state index in [1.54, 1.807) is 0 Å². The van der Waals surface area contributed by atoms with Crippen molar-refractivity contribution in [3.63, 3.8) is 0 Å². The topological polar surface area (TPSA) is 57.1 Å². The molecule has 6 heteroatoms. The fourth-order valence-corrected chi connectivity index (χ4v) is 2.06. The van der Waals surface area contributed by atoms with Crippen LogP contribution in [0.4, 0.5) is 0 Å². The minimum absolute atomic E-state index is 0.00603. The van der Waals surface area contributed by atoms with Crippen molar-refractivity contribution in [3.8, 4) is 0 Å². The third-order valence-corrected chi connectivity index (χ3v) is 3.42. The van der Waals surface area contributed by atoms with Crippen molar-refractivity contribution < 1.29 is 18.3 Å². The van der Waals surface area contributed by atoms with E-state index in [0.717, 1.165) is 25.7 Å². The molecule has 0 unspecified atom stereocenters. The Labute approximate surface area is 111 Å². The molecule has 0 N–H and O–H groups in total. The molecule has 0 aliphatic carbocycles. The van der Waals surface area contributed by atoms with Crippen LogP contribution in [0.15, 0.2) is 4.76 Å². The van der Waals surface area contributed by atoms with Gasteiger partial charge in [-0.25, -0.2) is 4.57 Å². The minimum atomic E-state index is -3.39. The van der Waals surface area contributed by atoms with Gasteiger partial charge < -0.3 is 4.74 Å². The van der Waals surface area contributed by atoms with Crippen LogP contribution in [0, 0.1) is 0 Å². The molecule has 0 aliphatic heterocycles. The molecule has 0 rings (SSSR count). The summed E-state index contributed by atoms with van der Waals surface area (Å²) in [5.41, 5.74) is 0. The lowest BCUT2D eigenvalue weighted by atomic mass is 10.4. The molecule has 0 aromatic carbocycles. The minimum Gasteiger partial charge on any atom is -0.480 e. The quantitative estimate of drug-likeness (QED) is 0.246. The number of unbranched alkanes of at least 4 members (excludes halogenated alkanes) is 2. The van der Waals surface area contributed by atoms with Crippen LogP contribution in [-0.4, -0.2) is 25.7 Å². The third kappa shape index (κ3) is 9.63. The SMILES string of the molecule is CCCCOP(=O)(/N=C/OC(C)C)OCCCC. The average molecular weight is 279 g/mol. The molecular formula is C12H26NO4P. The molecule has 0 radical (unpaired) electrons. The van der Waals surface area contributed by atoms with Gasteiger partial charge in [-0.15, -0.1) is 4.76 Å². The maximum atomic E-state index is 12.2. The molecule has 0 aromatic heterocycles. The van der Waals surface area contributed by atoms with Crippen molar-refractivity contribution in [2.75, 3.05) is 13.2 Å². The van der Waals surface area contributed by atoms with Crippen molar-refractivity contribution in [2.24, 2.45) is 4.76 Å². The summed E-state index contributed by atoms with van der Waals surface area (Å²) in [5.74, 6) is 0. The van der Waals surface area contributed by atoms with Crippen LogP contribution >= 0.6 is 7.75 Å². The molecule has 108 valence electrons. The van der Waals surface area contributed by atoms with Crippen molar-refractivity contribution in [2.45, 2.75) is 59.5 Å². The zero-order valence-corrected chi connectivity index (χ0v) is 12.8. The molecule has 0 atom stereocenters. The Bertz CT molecular complexity index is 255. The first-order valence-corrected chi connectivity index (χ1v) is 8.12. The molecule has 0 saturated carbocycles. The second-order valence-electron chi connectivity index (χ2n) is 4.25. The molecule has 0 saturated heterocycles. The van der Waals surface area contributed by atoms with E-state index >= 15 is 0 Å². The summed E-state index contributed by atoms with van der Waals surface area (Å²) in [6, 6.07) is 0. The van der Waals surface area contributed by atoms with Gasteiger partial charge in [-0.1, -0.05) is 26.7 Å². The zero-order chi connectivity index (χ0) is 13.9. The van der Waals surface area contributed by atoms with E-state index < -0.39 is 7.75 Å². The highest BCUT2D eigenvalue weighted by molar-refractivity contribution is 7.52. The molecular weight excluding hydrogens is 253 g/mol. The fourth-order valence-electron chi connectivity index (χ4n) is 0.959. The first-order valence-electron chi connectivity index (χ1n) is 6.62. The summed E-state index contributed by atoms with van der Waals surface area (Å²) in [7, 11) is -3.39. The van der Waals surface area contributed by atoms with E-state index in [4.69, 9.17) is 13.8 Å². The lowest BCUT2D eigenvalue weighted by Crippen LogP contribution is -2.02. The Kier molecular flexibility index (Phi) is 10.3. The van der Waals surface area contributed by atoms with Gasteiger partial charge in [0, 0.05) is 0 Å². The molecule has 0 aliphatic rings.